The number of rotatable bonds is 1. The molecule has 0 bridgehead atoms. The predicted molar refractivity (Wildman–Crippen MR) is 61.4 cm³/mol. The smallest absolute Gasteiger partial charge is 0.136 e. The Bertz CT molecular complexity index is 298. The van der Waals surface area contributed by atoms with Crippen molar-refractivity contribution < 1.29 is 4.74 Å². The maximum Gasteiger partial charge on any atom is 0.136 e. The minimum absolute atomic E-state index is 0.140. The van der Waals surface area contributed by atoms with Crippen molar-refractivity contribution in [3.8, 4) is 0 Å². The molecule has 0 amide bonds. The van der Waals surface area contributed by atoms with Crippen molar-refractivity contribution in [1.82, 2.24) is 0 Å². The lowest BCUT2D eigenvalue weighted by atomic mass is 10.1. The van der Waals surface area contributed by atoms with Gasteiger partial charge in [-0.3, -0.25) is 0 Å². The summed E-state index contributed by atoms with van der Waals surface area (Å²) in [4.78, 5) is -0.140. The first-order valence-electron chi connectivity index (χ1n) is 5.08. The fraction of sp³-hybridized carbons (Fsp3) is 0.500. The van der Waals surface area contributed by atoms with Crippen LogP contribution in [0.25, 0.3) is 0 Å². The van der Waals surface area contributed by atoms with Crippen molar-refractivity contribution in [2.45, 2.75) is 30.5 Å². The first-order valence-corrected chi connectivity index (χ1v) is 5.96. The third kappa shape index (κ3) is 1.96. The lowest BCUT2D eigenvalue weighted by molar-refractivity contribution is 0.0258. The zero-order valence-corrected chi connectivity index (χ0v) is 9.51. The molecule has 1 aromatic carbocycles. The van der Waals surface area contributed by atoms with Crippen LogP contribution in [-0.2, 0) is 9.67 Å². The molecule has 1 aromatic rings. The molecule has 1 fully saturated rings. The summed E-state index contributed by atoms with van der Waals surface area (Å²) in [6, 6.07) is 10.5. The van der Waals surface area contributed by atoms with Crippen LogP contribution in [0, 0.1) is 0 Å². The van der Waals surface area contributed by atoms with Gasteiger partial charge in [-0.25, -0.2) is 0 Å². The molecule has 1 saturated heterocycles. The number of ether oxygens (including phenoxy) is 1. The standard InChI is InChI=1S/C12H16OS/c1-10-8-9-13-12(2,14-10)11-6-4-3-5-7-11/h3-7,10H,8-9H2,1-2H3. The van der Waals surface area contributed by atoms with Gasteiger partial charge in [-0.05, 0) is 18.9 Å². The predicted octanol–water partition coefficient (Wildman–Crippen LogP) is 3.40. The molecule has 2 heteroatoms. The van der Waals surface area contributed by atoms with Crippen LogP contribution >= 0.6 is 11.8 Å². The molecular formula is C12H16OS. The van der Waals surface area contributed by atoms with Crippen LogP contribution in [0.4, 0.5) is 0 Å². The summed E-state index contributed by atoms with van der Waals surface area (Å²) in [6.45, 7) is 5.32. The lowest BCUT2D eigenvalue weighted by Gasteiger charge is -2.36. The van der Waals surface area contributed by atoms with E-state index in [4.69, 9.17) is 4.74 Å². The molecule has 2 unspecified atom stereocenters. The Morgan fingerprint density at radius 2 is 2.07 bits per heavy atom. The van der Waals surface area contributed by atoms with E-state index < -0.39 is 0 Å². The summed E-state index contributed by atoms with van der Waals surface area (Å²) < 4.78 is 5.88. The molecule has 0 saturated carbocycles. The van der Waals surface area contributed by atoms with Crippen molar-refractivity contribution in [2.75, 3.05) is 6.61 Å². The Hall–Kier alpha value is -0.470. The van der Waals surface area contributed by atoms with Gasteiger partial charge in [-0.2, -0.15) is 0 Å². The molecule has 1 aliphatic heterocycles. The van der Waals surface area contributed by atoms with Crippen molar-refractivity contribution >= 4 is 11.8 Å². The zero-order chi connectivity index (χ0) is 10.0. The summed E-state index contributed by atoms with van der Waals surface area (Å²) in [5.74, 6) is 0. The van der Waals surface area contributed by atoms with Gasteiger partial charge in [-0.15, -0.1) is 11.8 Å². The number of hydrogen-bond acceptors (Lipinski definition) is 2. The van der Waals surface area contributed by atoms with Crippen molar-refractivity contribution in [3.05, 3.63) is 35.9 Å². The molecule has 14 heavy (non-hydrogen) atoms. The highest BCUT2D eigenvalue weighted by Crippen LogP contribution is 2.43. The number of benzene rings is 1. The van der Waals surface area contributed by atoms with Gasteiger partial charge in [-0.1, -0.05) is 37.3 Å². The molecule has 0 spiro atoms. The quantitative estimate of drug-likeness (QED) is 0.699. The number of hydrogen-bond donors (Lipinski definition) is 0. The molecule has 2 atom stereocenters. The fourth-order valence-electron chi connectivity index (χ4n) is 1.79. The van der Waals surface area contributed by atoms with E-state index in [9.17, 15) is 0 Å². The maximum absolute atomic E-state index is 5.88. The van der Waals surface area contributed by atoms with Gasteiger partial charge < -0.3 is 4.74 Å². The molecular weight excluding hydrogens is 192 g/mol. The van der Waals surface area contributed by atoms with Crippen LogP contribution in [0.3, 0.4) is 0 Å². The van der Waals surface area contributed by atoms with E-state index in [2.05, 4.69) is 38.1 Å². The molecule has 0 N–H and O–H groups in total. The van der Waals surface area contributed by atoms with Crippen LogP contribution in [0.2, 0.25) is 0 Å². The van der Waals surface area contributed by atoms with Gasteiger partial charge in [0.2, 0.25) is 0 Å². The highest BCUT2D eigenvalue weighted by atomic mass is 32.2. The lowest BCUT2D eigenvalue weighted by Crippen LogP contribution is -2.30. The second kappa shape index (κ2) is 3.95. The van der Waals surface area contributed by atoms with E-state index in [1.54, 1.807) is 0 Å². The van der Waals surface area contributed by atoms with Gasteiger partial charge in [0.1, 0.15) is 4.93 Å². The Morgan fingerprint density at radius 1 is 1.36 bits per heavy atom. The SMILES string of the molecule is CC1CCOC(C)(c2ccccc2)S1. The molecule has 0 radical (unpaired) electrons. The fourth-order valence-corrected chi connectivity index (χ4v) is 3.19. The van der Waals surface area contributed by atoms with E-state index in [0.717, 1.165) is 13.0 Å². The molecule has 1 heterocycles. The second-order valence-corrected chi connectivity index (χ2v) is 5.70. The summed E-state index contributed by atoms with van der Waals surface area (Å²) in [6.07, 6.45) is 1.16. The van der Waals surface area contributed by atoms with Crippen LogP contribution in [0.15, 0.2) is 30.3 Å². The average molecular weight is 208 g/mol. The van der Waals surface area contributed by atoms with E-state index >= 15 is 0 Å². The van der Waals surface area contributed by atoms with Gasteiger partial charge in [0.15, 0.2) is 0 Å². The third-order valence-corrected chi connectivity index (χ3v) is 4.07. The summed E-state index contributed by atoms with van der Waals surface area (Å²) >= 11 is 1.92. The van der Waals surface area contributed by atoms with E-state index in [-0.39, 0.29) is 4.93 Å². The summed E-state index contributed by atoms with van der Waals surface area (Å²) in [7, 11) is 0. The van der Waals surface area contributed by atoms with Crippen LogP contribution < -0.4 is 0 Å². The van der Waals surface area contributed by atoms with Gasteiger partial charge in [0, 0.05) is 11.9 Å². The van der Waals surface area contributed by atoms with Crippen LogP contribution in [0.5, 0.6) is 0 Å². The second-order valence-electron chi connectivity index (χ2n) is 3.88. The van der Waals surface area contributed by atoms with Crippen molar-refractivity contribution in [2.24, 2.45) is 0 Å². The summed E-state index contributed by atoms with van der Waals surface area (Å²) in [5, 5.41) is 0.689. The first kappa shape index (κ1) is 10.1. The van der Waals surface area contributed by atoms with E-state index in [1.807, 2.05) is 17.8 Å². The molecule has 0 aliphatic carbocycles. The highest BCUT2D eigenvalue weighted by Gasteiger charge is 2.33. The minimum Gasteiger partial charge on any atom is -0.360 e. The average Bonchev–Trinajstić information content (AvgIpc) is 2.19. The van der Waals surface area contributed by atoms with Crippen molar-refractivity contribution in [3.63, 3.8) is 0 Å². The van der Waals surface area contributed by atoms with Gasteiger partial charge >= 0.3 is 0 Å². The third-order valence-electron chi connectivity index (χ3n) is 2.63. The Morgan fingerprint density at radius 3 is 2.71 bits per heavy atom. The van der Waals surface area contributed by atoms with E-state index in [1.165, 1.54) is 5.56 Å². The van der Waals surface area contributed by atoms with Crippen molar-refractivity contribution in [1.29, 1.82) is 0 Å². The molecule has 2 rings (SSSR count). The Balaban J connectivity index is 2.23. The largest absolute Gasteiger partial charge is 0.360 e. The van der Waals surface area contributed by atoms with Crippen LogP contribution in [-0.4, -0.2) is 11.9 Å². The number of thioether (sulfide) groups is 1. The molecule has 1 nitrogen and oxygen atoms in total. The zero-order valence-electron chi connectivity index (χ0n) is 8.69. The normalized spacial score (nSPS) is 32.9. The molecule has 1 aliphatic rings. The molecule has 0 aromatic heterocycles. The topological polar surface area (TPSA) is 9.23 Å². The molecule has 76 valence electrons. The van der Waals surface area contributed by atoms with Crippen LogP contribution in [0.1, 0.15) is 25.8 Å². The minimum atomic E-state index is -0.140. The monoisotopic (exact) mass is 208 g/mol. The summed E-state index contributed by atoms with van der Waals surface area (Å²) in [5.41, 5.74) is 1.27. The highest BCUT2D eigenvalue weighted by molar-refractivity contribution is 8.00. The Labute approximate surface area is 89.9 Å². The van der Waals surface area contributed by atoms with E-state index in [0.29, 0.717) is 5.25 Å². The Kier molecular flexibility index (Phi) is 2.84. The first-order chi connectivity index (χ1) is 6.71. The maximum atomic E-state index is 5.88. The van der Waals surface area contributed by atoms with Gasteiger partial charge in [0.25, 0.3) is 0 Å². The van der Waals surface area contributed by atoms with Gasteiger partial charge in [0.05, 0.1) is 0 Å².